The Kier molecular flexibility index (Phi) is 35.5. The molecule has 4 aromatic carbocycles. The average Bonchev–Trinajstić information content (AvgIpc) is 3.43. The van der Waals surface area contributed by atoms with E-state index in [9.17, 15) is 0 Å². The van der Waals surface area contributed by atoms with Crippen molar-refractivity contribution in [2.75, 3.05) is 53.6 Å². The van der Waals surface area contributed by atoms with Gasteiger partial charge in [0.15, 0.2) is 0 Å². The summed E-state index contributed by atoms with van der Waals surface area (Å²) in [4.78, 5) is 0. The number of quaternary nitrogens is 1. The van der Waals surface area contributed by atoms with Crippen LogP contribution in [0.5, 0.6) is 23.0 Å². The molecule has 0 spiro atoms. The van der Waals surface area contributed by atoms with Crippen LogP contribution in [0.3, 0.4) is 0 Å². The van der Waals surface area contributed by atoms with E-state index in [0.717, 1.165) is 97.9 Å². The van der Waals surface area contributed by atoms with Crippen molar-refractivity contribution in [3.05, 3.63) is 97.1 Å². The Morgan fingerprint density at radius 3 is 0.653 bits per heavy atom. The van der Waals surface area contributed by atoms with Crippen LogP contribution < -0.4 is 18.9 Å². The quantitative estimate of drug-likeness (QED) is 0.0251. The second-order valence-electron chi connectivity index (χ2n) is 21.8. The molecule has 0 bridgehead atoms. The maximum atomic E-state index is 6.00. The summed E-state index contributed by atoms with van der Waals surface area (Å²) in [6.07, 6.45) is 41.7. The molecular weight excluding hydrogens is 927 g/mol. The van der Waals surface area contributed by atoms with Crippen LogP contribution in [0.1, 0.15) is 219 Å². The highest BCUT2D eigenvalue weighted by molar-refractivity contribution is 5.45. The van der Waals surface area contributed by atoms with Gasteiger partial charge in [-0.05, 0) is 148 Å². The molecule has 0 fully saturated rings. The van der Waals surface area contributed by atoms with Gasteiger partial charge in [0.1, 0.15) is 23.0 Å². The fourth-order valence-electron chi connectivity index (χ4n) is 9.42. The van der Waals surface area contributed by atoms with Gasteiger partial charge in [-0.3, -0.25) is 0 Å². The van der Waals surface area contributed by atoms with E-state index < -0.39 is 0 Å². The van der Waals surface area contributed by atoms with Crippen molar-refractivity contribution in [2.45, 2.75) is 219 Å². The molecule has 0 aromatic heterocycles. The van der Waals surface area contributed by atoms with E-state index in [0.29, 0.717) is 0 Å². The number of ether oxygens (including phenoxy) is 4. The summed E-state index contributed by atoms with van der Waals surface area (Å²) in [5.74, 6) is 3.58. The molecule has 0 atom stereocenters. The van der Waals surface area contributed by atoms with Gasteiger partial charge in [-0.1, -0.05) is 168 Å². The third-order valence-corrected chi connectivity index (χ3v) is 14.3. The minimum absolute atomic E-state index is 0.768. The first-order chi connectivity index (χ1) is 36.9. The van der Waals surface area contributed by atoms with Crippen LogP contribution in [-0.4, -0.2) is 58.1 Å². The summed E-state index contributed by atoms with van der Waals surface area (Å²) < 4.78 is 25.0. The van der Waals surface area contributed by atoms with Crippen LogP contribution in [0.4, 0.5) is 22.7 Å². The van der Waals surface area contributed by atoms with E-state index in [1.807, 2.05) is 97.1 Å². The fraction of sp³-hybridized carbons (Fsp3) is 0.636. The van der Waals surface area contributed by atoms with Gasteiger partial charge < -0.3 is 23.4 Å². The van der Waals surface area contributed by atoms with Gasteiger partial charge >= 0.3 is 0 Å². The molecular formula is C66H104N5O4+. The molecule has 0 aliphatic heterocycles. The zero-order valence-electron chi connectivity index (χ0n) is 48.0. The molecule has 0 unspecified atom stereocenters. The predicted octanol–water partition coefficient (Wildman–Crippen LogP) is 21.3. The molecule has 0 amide bonds. The standard InChI is InChI=1S/C66H104N5O4/c1-5-7-9-11-27-33-55-72-63-45-37-59(38-46-63)67-69-61-41-49-65(50-42-61)74-57-35-29-23-19-15-13-17-21-25-31-53-71(3,4)54-32-26-22-18-14-16-20-24-30-36-58-75-66-51-43-62(44-52-66)70-68-60-39-47-64(48-40-60)73-56-34-28-12-10-8-6-2/h37-52H,5-36,53-58H2,1-4H3/q+1. The maximum Gasteiger partial charge on any atom is 0.119 e. The van der Waals surface area contributed by atoms with Crippen molar-refractivity contribution < 1.29 is 23.4 Å². The average molecular weight is 1030 g/mol. The van der Waals surface area contributed by atoms with Crippen molar-refractivity contribution in [1.29, 1.82) is 0 Å². The zero-order chi connectivity index (χ0) is 53.0. The minimum Gasteiger partial charge on any atom is -0.494 e. The van der Waals surface area contributed by atoms with Gasteiger partial charge in [0, 0.05) is 0 Å². The number of hydrogen-bond acceptors (Lipinski definition) is 8. The number of rotatable bonds is 48. The van der Waals surface area contributed by atoms with Crippen LogP contribution in [0.2, 0.25) is 0 Å². The molecule has 9 nitrogen and oxygen atoms in total. The molecule has 4 aromatic rings. The molecule has 0 aliphatic carbocycles. The molecule has 0 saturated carbocycles. The summed E-state index contributed by atoms with van der Waals surface area (Å²) >= 11 is 0. The van der Waals surface area contributed by atoms with Gasteiger partial charge in [-0.15, -0.1) is 0 Å². The predicted molar refractivity (Wildman–Crippen MR) is 317 cm³/mol. The van der Waals surface area contributed by atoms with Crippen LogP contribution in [0, 0.1) is 0 Å². The van der Waals surface area contributed by atoms with E-state index in [2.05, 4.69) is 48.4 Å². The van der Waals surface area contributed by atoms with E-state index in [1.54, 1.807) is 0 Å². The van der Waals surface area contributed by atoms with Crippen LogP contribution in [0.25, 0.3) is 0 Å². The van der Waals surface area contributed by atoms with E-state index >= 15 is 0 Å². The van der Waals surface area contributed by atoms with E-state index in [1.165, 1.54) is 197 Å². The lowest BCUT2D eigenvalue weighted by atomic mass is 10.1. The minimum atomic E-state index is 0.768. The summed E-state index contributed by atoms with van der Waals surface area (Å²) in [6, 6.07) is 31.6. The highest BCUT2D eigenvalue weighted by Gasteiger charge is 2.13. The van der Waals surface area contributed by atoms with Crippen molar-refractivity contribution >= 4 is 22.7 Å². The number of nitrogens with zero attached hydrogens (tertiary/aromatic N) is 5. The monoisotopic (exact) mass is 1030 g/mol. The Labute approximate surface area is 457 Å². The molecule has 4 rings (SSSR count). The Morgan fingerprint density at radius 1 is 0.253 bits per heavy atom. The lowest BCUT2D eigenvalue weighted by molar-refractivity contribution is -0.890. The lowest BCUT2D eigenvalue weighted by Crippen LogP contribution is -2.41. The molecule has 0 heterocycles. The first-order valence-electron chi connectivity index (χ1n) is 30.5. The van der Waals surface area contributed by atoms with Crippen LogP contribution >= 0.6 is 0 Å². The smallest absolute Gasteiger partial charge is 0.119 e. The zero-order valence-corrected chi connectivity index (χ0v) is 48.0. The number of benzene rings is 4. The maximum absolute atomic E-state index is 6.00. The molecule has 0 N–H and O–H groups in total. The topological polar surface area (TPSA) is 86.4 Å². The highest BCUT2D eigenvalue weighted by atomic mass is 16.5. The Morgan fingerprint density at radius 2 is 0.440 bits per heavy atom. The second kappa shape index (κ2) is 42.4. The van der Waals surface area contributed by atoms with E-state index in [-0.39, 0.29) is 0 Å². The first-order valence-corrected chi connectivity index (χ1v) is 30.5. The van der Waals surface area contributed by atoms with Crippen molar-refractivity contribution in [3.8, 4) is 23.0 Å². The third kappa shape index (κ3) is 33.1. The van der Waals surface area contributed by atoms with Crippen molar-refractivity contribution in [1.82, 2.24) is 0 Å². The summed E-state index contributed by atoms with van der Waals surface area (Å²) in [6.45, 7) is 10.2. The van der Waals surface area contributed by atoms with Crippen molar-refractivity contribution in [2.24, 2.45) is 20.5 Å². The fourth-order valence-corrected chi connectivity index (χ4v) is 9.42. The first kappa shape index (κ1) is 62.8. The van der Waals surface area contributed by atoms with Crippen LogP contribution in [-0.2, 0) is 0 Å². The molecule has 416 valence electrons. The highest BCUT2D eigenvalue weighted by Crippen LogP contribution is 2.26. The third-order valence-electron chi connectivity index (χ3n) is 14.3. The lowest BCUT2D eigenvalue weighted by Gasteiger charge is -2.30. The summed E-state index contributed by atoms with van der Waals surface area (Å²) in [7, 11) is 4.88. The number of unbranched alkanes of at least 4 members (excludes halogenated alkanes) is 28. The Hall–Kier alpha value is -4.76. The van der Waals surface area contributed by atoms with Gasteiger partial charge in [0.25, 0.3) is 0 Å². The number of hydrogen-bond donors (Lipinski definition) is 0. The summed E-state index contributed by atoms with van der Waals surface area (Å²) in [5, 5.41) is 17.6. The summed E-state index contributed by atoms with van der Waals surface area (Å²) in [5.41, 5.74) is 3.28. The van der Waals surface area contributed by atoms with Gasteiger partial charge in [-0.2, -0.15) is 20.5 Å². The van der Waals surface area contributed by atoms with Gasteiger partial charge in [-0.25, -0.2) is 0 Å². The van der Waals surface area contributed by atoms with Crippen LogP contribution in [0.15, 0.2) is 118 Å². The van der Waals surface area contributed by atoms with E-state index in [4.69, 9.17) is 18.9 Å². The SMILES string of the molecule is CCCCCCCCOc1ccc(N=Nc2ccc(OCCCCCCCCCCCC[N+](C)(C)CCCCCCCCCCCCOc3ccc(N=Nc4ccc(OCCCCCCCC)cc4)cc3)cc2)cc1. The van der Waals surface area contributed by atoms with Gasteiger partial charge in [0.2, 0.25) is 0 Å². The second-order valence-corrected chi connectivity index (χ2v) is 21.8. The molecule has 0 radical (unpaired) electrons. The molecule has 0 aliphatic rings. The molecule has 0 saturated heterocycles. The van der Waals surface area contributed by atoms with Crippen molar-refractivity contribution in [3.63, 3.8) is 0 Å². The molecule has 9 heteroatoms. The Bertz CT molecular complexity index is 1840. The Balaban J connectivity index is 0.856. The largest absolute Gasteiger partial charge is 0.494 e. The van der Waals surface area contributed by atoms with Gasteiger partial charge in [0.05, 0.1) is 76.4 Å². The normalized spacial score (nSPS) is 11.8. The molecule has 75 heavy (non-hydrogen) atoms. The number of azo groups is 2.